The number of benzene rings is 2. The predicted octanol–water partition coefficient (Wildman–Crippen LogP) is 3.09. The molecule has 2 atom stereocenters. The molecule has 2 aromatic carbocycles. The van der Waals surface area contributed by atoms with Crippen molar-refractivity contribution in [3.63, 3.8) is 0 Å². The third-order valence-electron chi connectivity index (χ3n) is 3.91. The predicted molar refractivity (Wildman–Crippen MR) is 85.7 cm³/mol. The normalized spacial score (nSPS) is 13.8. The topological polar surface area (TPSA) is 55.5 Å². The molecule has 0 fully saturated rings. The Hall–Kier alpha value is -1.84. The summed E-state index contributed by atoms with van der Waals surface area (Å²) >= 11 is 0. The highest BCUT2D eigenvalue weighted by Crippen LogP contribution is 2.33. The molecule has 21 heavy (non-hydrogen) atoms. The van der Waals surface area contributed by atoms with E-state index in [1.807, 2.05) is 50.2 Å². The Bertz CT molecular complexity index is 610. The zero-order valence-corrected chi connectivity index (χ0v) is 12.8. The van der Waals surface area contributed by atoms with Crippen molar-refractivity contribution in [2.45, 2.75) is 25.9 Å². The highest BCUT2D eigenvalue weighted by molar-refractivity contribution is 5.37. The summed E-state index contributed by atoms with van der Waals surface area (Å²) in [4.78, 5) is 0. The van der Waals surface area contributed by atoms with Gasteiger partial charge in [-0.25, -0.2) is 0 Å². The third kappa shape index (κ3) is 3.43. The van der Waals surface area contributed by atoms with Gasteiger partial charge in [0, 0.05) is 12.5 Å². The summed E-state index contributed by atoms with van der Waals surface area (Å²) in [7, 11) is 1.64. The van der Waals surface area contributed by atoms with Crippen molar-refractivity contribution in [1.82, 2.24) is 0 Å². The van der Waals surface area contributed by atoms with Gasteiger partial charge in [-0.1, -0.05) is 35.9 Å². The summed E-state index contributed by atoms with van der Waals surface area (Å²) in [6.45, 7) is 4.41. The first-order chi connectivity index (χ1) is 10.1. The first-order valence-electron chi connectivity index (χ1n) is 7.16. The summed E-state index contributed by atoms with van der Waals surface area (Å²) in [6, 6.07) is 13.8. The molecule has 0 aliphatic rings. The second-order valence-electron chi connectivity index (χ2n) is 5.42. The van der Waals surface area contributed by atoms with Crippen LogP contribution in [0.5, 0.6) is 5.75 Å². The maximum Gasteiger partial charge on any atom is 0.119 e. The van der Waals surface area contributed by atoms with Crippen LogP contribution in [0.25, 0.3) is 0 Å². The number of hydrogen-bond acceptors (Lipinski definition) is 3. The van der Waals surface area contributed by atoms with E-state index in [0.717, 1.165) is 28.0 Å². The number of hydrogen-bond donors (Lipinski definition) is 2. The van der Waals surface area contributed by atoms with Gasteiger partial charge in [0.15, 0.2) is 0 Å². The highest BCUT2D eigenvalue weighted by atomic mass is 16.5. The number of aliphatic hydroxyl groups excluding tert-OH is 1. The summed E-state index contributed by atoms with van der Waals surface area (Å²) < 4.78 is 5.26. The molecule has 2 rings (SSSR count). The lowest BCUT2D eigenvalue weighted by atomic mass is 9.87. The molecule has 0 aliphatic carbocycles. The van der Waals surface area contributed by atoms with Crippen LogP contribution in [-0.2, 0) is 0 Å². The van der Waals surface area contributed by atoms with Crippen LogP contribution in [0.1, 0.15) is 34.3 Å². The number of methoxy groups -OCH3 is 1. The molecule has 112 valence electrons. The minimum atomic E-state index is -0.623. The van der Waals surface area contributed by atoms with Gasteiger partial charge in [-0.15, -0.1) is 0 Å². The molecule has 0 saturated carbocycles. The van der Waals surface area contributed by atoms with E-state index in [1.165, 1.54) is 0 Å². The molecule has 0 amide bonds. The lowest BCUT2D eigenvalue weighted by molar-refractivity contribution is 0.146. The minimum absolute atomic E-state index is 0.152. The van der Waals surface area contributed by atoms with Gasteiger partial charge in [-0.05, 0) is 42.7 Å². The number of aryl methyl sites for hydroxylation is 2. The number of ether oxygens (including phenoxy) is 1. The van der Waals surface area contributed by atoms with Crippen molar-refractivity contribution in [2.75, 3.05) is 13.7 Å². The monoisotopic (exact) mass is 285 g/mol. The van der Waals surface area contributed by atoms with E-state index in [1.54, 1.807) is 7.11 Å². The fraction of sp³-hybridized carbons (Fsp3) is 0.333. The second kappa shape index (κ2) is 6.74. The summed E-state index contributed by atoms with van der Waals surface area (Å²) in [5, 5.41) is 10.8. The molecule has 2 unspecified atom stereocenters. The quantitative estimate of drug-likeness (QED) is 0.887. The SMILES string of the molecule is COc1cccc(C(CN)C(O)c2cc(C)ccc2C)c1. The van der Waals surface area contributed by atoms with Crippen LogP contribution >= 0.6 is 0 Å². The zero-order chi connectivity index (χ0) is 15.4. The van der Waals surface area contributed by atoms with Crippen molar-refractivity contribution in [2.24, 2.45) is 5.73 Å². The van der Waals surface area contributed by atoms with Gasteiger partial charge in [-0.2, -0.15) is 0 Å². The lowest BCUT2D eigenvalue weighted by Gasteiger charge is -2.24. The van der Waals surface area contributed by atoms with Gasteiger partial charge < -0.3 is 15.6 Å². The van der Waals surface area contributed by atoms with E-state index in [4.69, 9.17) is 10.5 Å². The first-order valence-corrected chi connectivity index (χ1v) is 7.16. The van der Waals surface area contributed by atoms with Gasteiger partial charge in [0.2, 0.25) is 0 Å². The van der Waals surface area contributed by atoms with Crippen LogP contribution in [0, 0.1) is 13.8 Å². The van der Waals surface area contributed by atoms with Crippen LogP contribution in [0.15, 0.2) is 42.5 Å². The largest absolute Gasteiger partial charge is 0.497 e. The average molecular weight is 285 g/mol. The minimum Gasteiger partial charge on any atom is -0.497 e. The van der Waals surface area contributed by atoms with Crippen molar-refractivity contribution in [3.8, 4) is 5.75 Å². The Kier molecular flexibility index (Phi) is 4.99. The third-order valence-corrected chi connectivity index (χ3v) is 3.91. The molecule has 0 saturated heterocycles. The fourth-order valence-corrected chi connectivity index (χ4v) is 2.61. The van der Waals surface area contributed by atoms with Crippen LogP contribution < -0.4 is 10.5 Å². The lowest BCUT2D eigenvalue weighted by Crippen LogP contribution is -2.21. The van der Waals surface area contributed by atoms with E-state index in [9.17, 15) is 5.11 Å². The Balaban J connectivity index is 2.37. The first kappa shape index (κ1) is 15.5. The Morgan fingerprint density at radius 2 is 1.90 bits per heavy atom. The van der Waals surface area contributed by atoms with E-state index in [2.05, 4.69) is 6.07 Å². The molecular weight excluding hydrogens is 262 g/mol. The average Bonchev–Trinajstić information content (AvgIpc) is 2.50. The van der Waals surface area contributed by atoms with Crippen molar-refractivity contribution in [3.05, 3.63) is 64.7 Å². The molecule has 3 heteroatoms. The van der Waals surface area contributed by atoms with Crippen molar-refractivity contribution < 1.29 is 9.84 Å². The molecule has 0 spiro atoms. The maximum absolute atomic E-state index is 10.8. The van der Waals surface area contributed by atoms with Gasteiger partial charge in [0.1, 0.15) is 5.75 Å². The van der Waals surface area contributed by atoms with Crippen LogP contribution in [-0.4, -0.2) is 18.8 Å². The van der Waals surface area contributed by atoms with Gasteiger partial charge in [-0.3, -0.25) is 0 Å². The van der Waals surface area contributed by atoms with Crippen molar-refractivity contribution >= 4 is 0 Å². The zero-order valence-electron chi connectivity index (χ0n) is 12.8. The molecule has 0 heterocycles. The Morgan fingerprint density at radius 3 is 2.57 bits per heavy atom. The standard InChI is InChI=1S/C18H23NO2/c1-12-7-8-13(2)16(9-12)18(20)17(11-19)14-5-4-6-15(10-14)21-3/h4-10,17-18,20H,11,19H2,1-3H3. The van der Waals surface area contributed by atoms with E-state index < -0.39 is 6.10 Å². The molecule has 0 aliphatic heterocycles. The van der Waals surface area contributed by atoms with E-state index in [-0.39, 0.29) is 5.92 Å². The van der Waals surface area contributed by atoms with E-state index >= 15 is 0 Å². The Morgan fingerprint density at radius 1 is 1.14 bits per heavy atom. The van der Waals surface area contributed by atoms with Crippen LogP contribution in [0.4, 0.5) is 0 Å². The molecule has 0 bridgehead atoms. The maximum atomic E-state index is 10.8. The summed E-state index contributed by atoms with van der Waals surface area (Å²) in [5.74, 6) is 0.625. The number of aliphatic hydroxyl groups is 1. The van der Waals surface area contributed by atoms with Gasteiger partial charge in [0.25, 0.3) is 0 Å². The number of rotatable bonds is 5. The molecule has 0 aromatic heterocycles. The number of nitrogens with two attached hydrogens (primary N) is 1. The molecule has 0 radical (unpaired) electrons. The molecule has 3 nitrogen and oxygen atoms in total. The second-order valence-corrected chi connectivity index (χ2v) is 5.42. The summed E-state index contributed by atoms with van der Waals surface area (Å²) in [6.07, 6.45) is -0.623. The Labute approximate surface area is 126 Å². The van der Waals surface area contributed by atoms with E-state index in [0.29, 0.717) is 6.54 Å². The van der Waals surface area contributed by atoms with Crippen molar-refractivity contribution in [1.29, 1.82) is 0 Å². The molecule has 2 aromatic rings. The van der Waals surface area contributed by atoms with Crippen LogP contribution in [0.3, 0.4) is 0 Å². The highest BCUT2D eigenvalue weighted by Gasteiger charge is 2.23. The molecule has 3 N–H and O–H groups in total. The molecular formula is C18H23NO2. The smallest absolute Gasteiger partial charge is 0.119 e. The van der Waals surface area contributed by atoms with Crippen LogP contribution in [0.2, 0.25) is 0 Å². The summed E-state index contributed by atoms with van der Waals surface area (Å²) in [5.41, 5.74) is 10.1. The fourth-order valence-electron chi connectivity index (χ4n) is 2.61. The van der Waals surface area contributed by atoms with Gasteiger partial charge >= 0.3 is 0 Å². The van der Waals surface area contributed by atoms with Gasteiger partial charge in [0.05, 0.1) is 13.2 Å².